The van der Waals surface area contributed by atoms with E-state index in [0.717, 1.165) is 49.9 Å². The molecule has 2 aromatic rings. The molecule has 2 heterocycles. The smallest absolute Gasteiger partial charge is 0.416 e. The first-order valence-corrected chi connectivity index (χ1v) is 12.5. The van der Waals surface area contributed by atoms with Gasteiger partial charge in [-0.2, -0.15) is 13.2 Å². The van der Waals surface area contributed by atoms with Gasteiger partial charge in [0.1, 0.15) is 6.10 Å². The Balaban J connectivity index is 1.30. The topological polar surface area (TPSA) is 53.0 Å². The number of hydrogen-bond acceptors (Lipinski definition) is 4. The van der Waals surface area contributed by atoms with Gasteiger partial charge >= 0.3 is 6.18 Å². The lowest BCUT2D eigenvalue weighted by molar-refractivity contribution is -0.137. The lowest BCUT2D eigenvalue weighted by Crippen LogP contribution is -2.68. The average Bonchev–Trinajstić information content (AvgIpc) is 3.21. The normalized spacial score (nSPS) is 30.7. The predicted octanol–water partition coefficient (Wildman–Crippen LogP) is 4.62. The standard InChI is InChI=1S/C28H29F3N2O3/c1-32-13-12-27-19-8-9-20(26(27)36-25-22(34)10-7-17(24(25)27)15-21(19)32)33(2)23(35)11-6-16-4-3-5-18(14-16)28(29,30)31/h3-7,10-11,14,19-21,26,34H,8-9,12-13,15H2,1-2H3/t19-,20-,21+,26-,27-/m0/s1. The minimum Gasteiger partial charge on any atom is -0.504 e. The van der Waals surface area contributed by atoms with Crippen molar-refractivity contribution in [3.05, 3.63) is 64.7 Å². The van der Waals surface area contributed by atoms with Gasteiger partial charge in [-0.15, -0.1) is 0 Å². The molecule has 190 valence electrons. The minimum absolute atomic E-state index is 0.144. The summed E-state index contributed by atoms with van der Waals surface area (Å²) in [6.07, 6.45) is 1.60. The van der Waals surface area contributed by atoms with E-state index in [1.54, 1.807) is 24.1 Å². The first kappa shape index (κ1) is 23.4. The second-order valence-corrected chi connectivity index (χ2v) is 10.7. The summed E-state index contributed by atoms with van der Waals surface area (Å²) in [5.41, 5.74) is 1.67. The van der Waals surface area contributed by atoms with Gasteiger partial charge in [0.2, 0.25) is 5.91 Å². The molecule has 5 atom stereocenters. The molecule has 1 saturated heterocycles. The van der Waals surface area contributed by atoms with E-state index >= 15 is 0 Å². The third-order valence-electron chi connectivity index (χ3n) is 9.04. The fraction of sp³-hybridized carbons (Fsp3) is 0.464. The number of hydrogen-bond donors (Lipinski definition) is 1. The van der Waals surface area contributed by atoms with Crippen LogP contribution in [0.2, 0.25) is 0 Å². The molecule has 2 aliphatic carbocycles. The summed E-state index contributed by atoms with van der Waals surface area (Å²) in [4.78, 5) is 17.3. The lowest BCUT2D eigenvalue weighted by Gasteiger charge is -2.59. The highest BCUT2D eigenvalue weighted by Gasteiger charge is 2.66. The Morgan fingerprint density at radius 2 is 2.06 bits per heavy atom. The molecule has 8 heteroatoms. The number of ether oxygens (including phenoxy) is 1. The number of carbonyl (C=O) groups excluding carboxylic acids is 1. The van der Waals surface area contributed by atoms with Gasteiger partial charge < -0.3 is 19.6 Å². The van der Waals surface area contributed by atoms with E-state index in [0.29, 0.717) is 23.3 Å². The minimum atomic E-state index is -4.44. The van der Waals surface area contributed by atoms with Crippen molar-refractivity contribution >= 4 is 12.0 Å². The number of likely N-dealkylation sites (N-methyl/N-ethyl adjacent to an activating group) is 2. The van der Waals surface area contributed by atoms with Crippen molar-refractivity contribution < 1.29 is 27.8 Å². The van der Waals surface area contributed by atoms with Crippen molar-refractivity contribution in [3.8, 4) is 11.5 Å². The second kappa shape index (κ2) is 8.00. The molecule has 2 fully saturated rings. The van der Waals surface area contributed by atoms with Crippen molar-refractivity contribution in [2.75, 3.05) is 20.6 Å². The van der Waals surface area contributed by atoms with Gasteiger partial charge in [0.05, 0.1) is 11.6 Å². The fourth-order valence-electron chi connectivity index (χ4n) is 7.37. The molecule has 2 aliphatic heterocycles. The van der Waals surface area contributed by atoms with Crippen molar-refractivity contribution in [2.45, 2.75) is 55.5 Å². The van der Waals surface area contributed by atoms with E-state index in [1.165, 1.54) is 23.8 Å². The average molecular weight is 499 g/mol. The van der Waals surface area contributed by atoms with E-state index in [-0.39, 0.29) is 29.2 Å². The zero-order valence-electron chi connectivity index (χ0n) is 20.3. The SMILES string of the molecule is CN1CC[C@]23c4c5ccc(O)c4O[C@H]2[C@@H](N(C)C(=O)C=Cc2cccc(C(F)(F)F)c2)CC[C@H]3[C@H]1C5. The maximum atomic E-state index is 13.2. The fourth-order valence-corrected chi connectivity index (χ4v) is 7.37. The first-order chi connectivity index (χ1) is 17.1. The summed E-state index contributed by atoms with van der Waals surface area (Å²) in [7, 11) is 3.91. The predicted molar refractivity (Wildman–Crippen MR) is 129 cm³/mol. The van der Waals surface area contributed by atoms with Crippen molar-refractivity contribution in [2.24, 2.45) is 5.92 Å². The number of phenols is 1. The van der Waals surface area contributed by atoms with Crippen LogP contribution in [0.5, 0.6) is 11.5 Å². The molecule has 0 radical (unpaired) electrons. The van der Waals surface area contributed by atoms with Crippen LogP contribution in [0.25, 0.3) is 6.08 Å². The number of amides is 1. The Hall–Kier alpha value is -3.00. The summed E-state index contributed by atoms with van der Waals surface area (Å²) in [5, 5.41) is 10.7. The van der Waals surface area contributed by atoms with E-state index in [9.17, 15) is 23.1 Å². The van der Waals surface area contributed by atoms with Gasteiger partial charge in [0, 0.05) is 30.1 Å². The maximum Gasteiger partial charge on any atom is 0.416 e. The number of halogens is 3. The van der Waals surface area contributed by atoms with Crippen LogP contribution in [0.1, 0.15) is 41.5 Å². The number of aromatic hydroxyl groups is 1. The van der Waals surface area contributed by atoms with Crippen molar-refractivity contribution in [3.63, 3.8) is 0 Å². The van der Waals surface area contributed by atoms with E-state index in [4.69, 9.17) is 4.74 Å². The van der Waals surface area contributed by atoms with Crippen LogP contribution < -0.4 is 4.74 Å². The van der Waals surface area contributed by atoms with Crippen LogP contribution in [-0.2, 0) is 22.8 Å². The Morgan fingerprint density at radius 1 is 1.25 bits per heavy atom. The monoisotopic (exact) mass is 498 g/mol. The first-order valence-electron chi connectivity index (χ1n) is 12.5. The number of alkyl halides is 3. The zero-order valence-corrected chi connectivity index (χ0v) is 20.3. The van der Waals surface area contributed by atoms with Gasteiger partial charge in [0.25, 0.3) is 0 Å². The molecule has 1 amide bonds. The molecule has 2 bridgehead atoms. The summed E-state index contributed by atoms with van der Waals surface area (Å²) in [5.74, 6) is 0.817. The second-order valence-electron chi connectivity index (χ2n) is 10.7. The van der Waals surface area contributed by atoms with Crippen LogP contribution >= 0.6 is 0 Å². The van der Waals surface area contributed by atoms with Crippen molar-refractivity contribution in [1.29, 1.82) is 0 Å². The van der Waals surface area contributed by atoms with Gasteiger partial charge in [-0.25, -0.2) is 0 Å². The Morgan fingerprint density at radius 3 is 2.83 bits per heavy atom. The molecule has 0 unspecified atom stereocenters. The Labute approximate surface area is 208 Å². The maximum absolute atomic E-state index is 13.2. The van der Waals surface area contributed by atoms with Crippen LogP contribution in [0, 0.1) is 5.92 Å². The van der Waals surface area contributed by atoms with Gasteiger partial charge in [-0.05, 0) is 80.6 Å². The quantitative estimate of drug-likeness (QED) is 0.628. The molecular weight excluding hydrogens is 469 g/mol. The molecule has 6 rings (SSSR count). The number of rotatable bonds is 3. The molecule has 5 nitrogen and oxygen atoms in total. The zero-order chi connectivity index (χ0) is 25.4. The summed E-state index contributed by atoms with van der Waals surface area (Å²) < 4.78 is 45.7. The summed E-state index contributed by atoms with van der Waals surface area (Å²) in [6, 6.07) is 8.85. The lowest BCUT2D eigenvalue weighted by atomic mass is 9.51. The summed E-state index contributed by atoms with van der Waals surface area (Å²) in [6.45, 7) is 0.926. The van der Waals surface area contributed by atoms with Crippen LogP contribution in [0.3, 0.4) is 0 Å². The molecule has 1 spiro atoms. The van der Waals surface area contributed by atoms with Crippen LogP contribution in [0.4, 0.5) is 13.2 Å². The number of nitrogens with zero attached hydrogens (tertiary/aromatic N) is 2. The third kappa shape index (κ3) is 3.30. The third-order valence-corrected chi connectivity index (χ3v) is 9.04. The van der Waals surface area contributed by atoms with Gasteiger partial charge in [-0.3, -0.25) is 4.79 Å². The van der Waals surface area contributed by atoms with Gasteiger partial charge in [-0.1, -0.05) is 18.2 Å². The molecule has 4 aliphatic rings. The Bertz CT molecular complexity index is 1260. The molecule has 1 saturated carbocycles. The largest absolute Gasteiger partial charge is 0.504 e. The highest BCUT2D eigenvalue weighted by molar-refractivity contribution is 5.92. The summed E-state index contributed by atoms with van der Waals surface area (Å²) >= 11 is 0. The van der Waals surface area contributed by atoms with Crippen LogP contribution in [-0.4, -0.2) is 59.6 Å². The molecule has 36 heavy (non-hydrogen) atoms. The van der Waals surface area contributed by atoms with E-state index in [2.05, 4.69) is 11.9 Å². The number of carbonyl (C=O) groups is 1. The van der Waals surface area contributed by atoms with Gasteiger partial charge in [0.15, 0.2) is 11.5 Å². The highest BCUT2D eigenvalue weighted by atomic mass is 19.4. The van der Waals surface area contributed by atoms with Crippen LogP contribution in [0.15, 0.2) is 42.5 Å². The van der Waals surface area contributed by atoms with E-state index in [1.807, 2.05) is 6.07 Å². The van der Waals surface area contributed by atoms with Crippen molar-refractivity contribution in [1.82, 2.24) is 9.80 Å². The molecule has 2 aromatic carbocycles. The number of piperidine rings is 1. The molecule has 1 N–H and O–H groups in total. The number of phenolic OH excluding ortho intramolecular Hbond substituents is 1. The molecule has 0 aromatic heterocycles. The number of likely N-dealkylation sites (tertiary alicyclic amines) is 1. The van der Waals surface area contributed by atoms with E-state index < -0.39 is 11.7 Å². The highest BCUT2D eigenvalue weighted by Crippen LogP contribution is 2.64. The molecular formula is C28H29F3N2O3. The Kier molecular flexibility index (Phi) is 5.20. The number of benzene rings is 2.